The van der Waals surface area contributed by atoms with E-state index in [0.717, 1.165) is 23.7 Å². The number of nitrogens with two attached hydrogens (primary N) is 1. The predicted octanol–water partition coefficient (Wildman–Crippen LogP) is 4.51. The van der Waals surface area contributed by atoms with Crippen LogP contribution in [0.3, 0.4) is 0 Å². The number of nitrogens with zero attached hydrogens (tertiary/aromatic N) is 5. The second kappa shape index (κ2) is 8.56. The second-order valence-corrected chi connectivity index (χ2v) is 8.41. The molecule has 0 aliphatic rings. The Morgan fingerprint density at radius 3 is 2.50 bits per heavy atom. The van der Waals surface area contributed by atoms with E-state index < -0.39 is 18.3 Å². The summed E-state index contributed by atoms with van der Waals surface area (Å²) in [6, 6.07) is 9.07. The highest BCUT2D eigenvalue weighted by Gasteiger charge is 2.49. The minimum absolute atomic E-state index is 0.209. The van der Waals surface area contributed by atoms with Gasteiger partial charge in [-0.2, -0.15) is 18.3 Å². The number of nitrogens with one attached hydrogen (secondary N) is 1. The lowest BCUT2D eigenvalue weighted by atomic mass is 10.0. The average molecular weight is 471 g/mol. The summed E-state index contributed by atoms with van der Waals surface area (Å²) >= 11 is 0. The third-order valence-electron chi connectivity index (χ3n) is 5.18. The number of halogens is 3. The van der Waals surface area contributed by atoms with Gasteiger partial charge in [-0.3, -0.25) is 4.98 Å². The van der Waals surface area contributed by atoms with Crippen LogP contribution in [0.1, 0.15) is 24.1 Å². The first-order valence-corrected chi connectivity index (χ1v) is 10.5. The van der Waals surface area contributed by atoms with E-state index in [2.05, 4.69) is 25.4 Å². The summed E-state index contributed by atoms with van der Waals surface area (Å²) in [7, 11) is 0. The van der Waals surface area contributed by atoms with Crippen LogP contribution >= 0.6 is 0 Å². The fraction of sp³-hybridized carbons (Fsp3) is 0.304. The van der Waals surface area contributed by atoms with Gasteiger partial charge in [0.05, 0.1) is 11.7 Å². The maximum Gasteiger partial charge on any atom is 0.409 e. The van der Waals surface area contributed by atoms with Gasteiger partial charge in [0.15, 0.2) is 5.82 Å². The van der Waals surface area contributed by atoms with E-state index in [0.29, 0.717) is 28.7 Å². The summed E-state index contributed by atoms with van der Waals surface area (Å²) in [4.78, 5) is 12.8. The molecule has 1 atom stereocenters. The fourth-order valence-corrected chi connectivity index (χ4v) is 3.33. The van der Waals surface area contributed by atoms with Gasteiger partial charge in [0.25, 0.3) is 0 Å². The van der Waals surface area contributed by atoms with E-state index in [9.17, 15) is 13.2 Å². The van der Waals surface area contributed by atoms with Gasteiger partial charge < -0.3 is 15.8 Å². The third kappa shape index (κ3) is 4.93. The summed E-state index contributed by atoms with van der Waals surface area (Å²) < 4.78 is 46.7. The molecule has 0 saturated carbocycles. The van der Waals surface area contributed by atoms with Gasteiger partial charge >= 0.3 is 6.18 Å². The number of aromatic nitrogens is 5. The molecule has 0 radical (unpaired) electrons. The molecule has 0 spiro atoms. The summed E-state index contributed by atoms with van der Waals surface area (Å²) in [5, 5.41) is 7.67. The first kappa shape index (κ1) is 23.4. The summed E-state index contributed by atoms with van der Waals surface area (Å²) in [6.07, 6.45) is -1.44. The maximum atomic E-state index is 13.2. The number of anilines is 2. The van der Waals surface area contributed by atoms with Crippen molar-refractivity contribution in [2.24, 2.45) is 5.73 Å². The minimum Gasteiger partial charge on any atom is -0.489 e. The van der Waals surface area contributed by atoms with Gasteiger partial charge in [0.2, 0.25) is 0 Å². The van der Waals surface area contributed by atoms with Crippen LogP contribution in [0.5, 0.6) is 5.75 Å². The van der Waals surface area contributed by atoms with Crippen molar-refractivity contribution in [1.29, 1.82) is 0 Å². The van der Waals surface area contributed by atoms with Crippen LogP contribution in [0.4, 0.5) is 24.8 Å². The standard InChI is InChI=1S/C23H24F3N7O/c1-13-7-18(19(11-28-13)34-12-22(4,27)23(24,25)26)16-5-6-33-17(9-16)10-21(32-33)31-20-8-14(2)29-15(3)30-20/h5-11H,12,27H2,1-4H3,(H,29,30,31,32). The third-order valence-corrected chi connectivity index (χ3v) is 5.18. The topological polar surface area (TPSA) is 103 Å². The number of alkyl halides is 3. The van der Waals surface area contributed by atoms with Gasteiger partial charge in [0.1, 0.15) is 29.5 Å². The molecule has 0 amide bonds. The largest absolute Gasteiger partial charge is 0.489 e. The molecule has 4 aromatic heterocycles. The Labute approximate surface area is 194 Å². The van der Waals surface area contributed by atoms with Gasteiger partial charge in [-0.05, 0) is 51.5 Å². The van der Waals surface area contributed by atoms with Gasteiger partial charge in [-0.15, -0.1) is 0 Å². The zero-order valence-corrected chi connectivity index (χ0v) is 19.1. The first-order chi connectivity index (χ1) is 15.9. The van der Waals surface area contributed by atoms with E-state index in [-0.39, 0.29) is 5.75 Å². The normalized spacial score (nSPS) is 13.6. The Kier molecular flexibility index (Phi) is 5.90. The second-order valence-electron chi connectivity index (χ2n) is 8.41. The Bertz CT molecular complexity index is 1330. The van der Waals surface area contributed by atoms with Crippen molar-refractivity contribution < 1.29 is 17.9 Å². The van der Waals surface area contributed by atoms with Crippen LogP contribution in [-0.4, -0.2) is 42.9 Å². The van der Waals surface area contributed by atoms with Crippen molar-refractivity contribution in [3.63, 3.8) is 0 Å². The van der Waals surface area contributed by atoms with E-state index in [1.807, 2.05) is 32.0 Å². The lowest BCUT2D eigenvalue weighted by molar-refractivity contribution is -0.187. The SMILES string of the molecule is Cc1cc(-c2ccn3nc(Nc4cc(C)nc(C)n4)cc3c2)c(OCC(C)(N)C(F)(F)F)cn1. The first-order valence-electron chi connectivity index (χ1n) is 10.5. The predicted molar refractivity (Wildman–Crippen MR) is 122 cm³/mol. The molecule has 8 nitrogen and oxygen atoms in total. The van der Waals surface area contributed by atoms with Gasteiger partial charge in [-0.1, -0.05) is 0 Å². The van der Waals surface area contributed by atoms with Crippen molar-refractivity contribution >= 4 is 17.2 Å². The fourth-order valence-electron chi connectivity index (χ4n) is 3.33. The van der Waals surface area contributed by atoms with Crippen molar-refractivity contribution in [3.05, 3.63) is 59.9 Å². The Hall–Kier alpha value is -3.73. The molecule has 1 unspecified atom stereocenters. The highest BCUT2D eigenvalue weighted by Crippen LogP contribution is 2.34. The molecule has 4 aromatic rings. The molecule has 0 aliphatic carbocycles. The van der Waals surface area contributed by atoms with E-state index in [1.54, 1.807) is 29.8 Å². The number of hydrogen-bond acceptors (Lipinski definition) is 7. The van der Waals surface area contributed by atoms with Crippen LogP contribution in [0.15, 0.2) is 42.7 Å². The van der Waals surface area contributed by atoms with Gasteiger partial charge in [-0.25, -0.2) is 14.5 Å². The van der Waals surface area contributed by atoms with Crippen LogP contribution < -0.4 is 15.8 Å². The van der Waals surface area contributed by atoms with Crippen molar-refractivity contribution in [2.45, 2.75) is 39.4 Å². The molecular weight excluding hydrogens is 447 g/mol. The molecule has 178 valence electrons. The molecule has 0 fully saturated rings. The molecule has 11 heteroatoms. The van der Waals surface area contributed by atoms with Crippen molar-refractivity contribution in [3.8, 4) is 16.9 Å². The molecule has 3 N–H and O–H groups in total. The maximum absolute atomic E-state index is 13.2. The minimum atomic E-state index is -4.61. The molecule has 0 bridgehead atoms. The van der Waals surface area contributed by atoms with Crippen LogP contribution in [0.25, 0.3) is 16.6 Å². The average Bonchev–Trinajstić information content (AvgIpc) is 3.12. The zero-order valence-electron chi connectivity index (χ0n) is 19.1. The van der Waals surface area contributed by atoms with Crippen molar-refractivity contribution in [2.75, 3.05) is 11.9 Å². The van der Waals surface area contributed by atoms with E-state index in [1.165, 1.54) is 6.20 Å². The lowest BCUT2D eigenvalue weighted by Crippen LogP contribution is -2.55. The number of aryl methyl sites for hydroxylation is 3. The molecule has 0 saturated heterocycles. The Morgan fingerprint density at radius 1 is 1.03 bits per heavy atom. The smallest absolute Gasteiger partial charge is 0.409 e. The number of rotatable bonds is 6. The molecule has 34 heavy (non-hydrogen) atoms. The summed E-state index contributed by atoms with van der Waals surface area (Å²) in [5.41, 5.74) is 6.55. The van der Waals surface area contributed by atoms with E-state index in [4.69, 9.17) is 10.5 Å². The molecular formula is C23H24F3N7O. The highest BCUT2D eigenvalue weighted by atomic mass is 19.4. The monoisotopic (exact) mass is 471 g/mol. The summed E-state index contributed by atoms with van der Waals surface area (Å²) in [5.74, 6) is 2.07. The Balaban J connectivity index is 1.64. The van der Waals surface area contributed by atoms with Gasteiger partial charge in [0, 0.05) is 35.3 Å². The van der Waals surface area contributed by atoms with Crippen LogP contribution in [0, 0.1) is 20.8 Å². The molecule has 0 aromatic carbocycles. The van der Waals surface area contributed by atoms with E-state index >= 15 is 0 Å². The lowest BCUT2D eigenvalue weighted by Gasteiger charge is -2.27. The number of fused-ring (bicyclic) bond motifs is 1. The summed E-state index contributed by atoms with van der Waals surface area (Å²) in [6.45, 7) is 5.64. The van der Waals surface area contributed by atoms with Crippen molar-refractivity contribution in [1.82, 2.24) is 24.6 Å². The number of hydrogen-bond donors (Lipinski definition) is 2. The Morgan fingerprint density at radius 2 is 1.79 bits per heavy atom. The molecule has 4 rings (SSSR count). The number of pyridine rings is 2. The molecule has 0 aliphatic heterocycles. The highest BCUT2D eigenvalue weighted by molar-refractivity contribution is 5.75. The molecule has 4 heterocycles. The van der Waals surface area contributed by atoms with Crippen LogP contribution in [-0.2, 0) is 0 Å². The number of ether oxygens (including phenoxy) is 1. The van der Waals surface area contributed by atoms with Crippen LogP contribution in [0.2, 0.25) is 0 Å². The zero-order chi connectivity index (χ0) is 24.7. The quantitative estimate of drug-likeness (QED) is 0.426.